The average molecular weight is 303 g/mol. The Morgan fingerprint density at radius 2 is 2.16 bits per heavy atom. The van der Waals surface area contributed by atoms with E-state index < -0.39 is 10.0 Å². The maximum absolute atomic E-state index is 12.6. The van der Waals surface area contributed by atoms with Crippen molar-refractivity contribution in [2.45, 2.75) is 30.7 Å². The van der Waals surface area contributed by atoms with Crippen LogP contribution in [0.1, 0.15) is 18.4 Å². The van der Waals surface area contributed by atoms with Crippen molar-refractivity contribution in [1.82, 2.24) is 9.62 Å². The molecule has 0 aliphatic carbocycles. The fourth-order valence-electron chi connectivity index (χ4n) is 2.35. The standard InChI is InChI=1S/C13H19ClN2O2S/c1-10-5-6-13(12(14)8-10)19(17,18)16-7-3-4-11(9-16)15-2/h5-6,8,11,15H,3-4,7,9H2,1-2H3/t11-/m1/s1. The first-order chi connectivity index (χ1) is 8.95. The molecule has 1 aromatic rings. The van der Waals surface area contributed by atoms with Gasteiger partial charge in [-0.25, -0.2) is 8.42 Å². The van der Waals surface area contributed by atoms with Gasteiger partial charge < -0.3 is 5.32 Å². The molecule has 1 aliphatic rings. The maximum Gasteiger partial charge on any atom is 0.244 e. The lowest BCUT2D eigenvalue weighted by Gasteiger charge is -2.31. The van der Waals surface area contributed by atoms with E-state index in [0.717, 1.165) is 18.4 Å². The number of likely N-dealkylation sites (N-methyl/N-ethyl adjacent to an activating group) is 1. The molecule has 0 amide bonds. The van der Waals surface area contributed by atoms with E-state index in [4.69, 9.17) is 11.6 Å². The summed E-state index contributed by atoms with van der Waals surface area (Å²) < 4.78 is 26.7. The predicted molar refractivity (Wildman–Crippen MR) is 77.0 cm³/mol. The Morgan fingerprint density at radius 1 is 1.42 bits per heavy atom. The Kier molecular flexibility index (Phi) is 4.50. The van der Waals surface area contributed by atoms with Gasteiger partial charge in [-0.2, -0.15) is 4.31 Å². The number of benzene rings is 1. The highest BCUT2D eigenvalue weighted by atomic mass is 35.5. The molecule has 0 saturated carbocycles. The Bertz CT molecular complexity index is 560. The molecule has 19 heavy (non-hydrogen) atoms. The lowest BCUT2D eigenvalue weighted by molar-refractivity contribution is 0.293. The van der Waals surface area contributed by atoms with Crippen LogP contribution in [0.5, 0.6) is 0 Å². The summed E-state index contributed by atoms with van der Waals surface area (Å²) >= 11 is 6.08. The predicted octanol–water partition coefficient (Wildman–Crippen LogP) is 2.02. The van der Waals surface area contributed by atoms with Crippen LogP contribution in [0.15, 0.2) is 23.1 Å². The highest BCUT2D eigenvalue weighted by molar-refractivity contribution is 7.89. The third-order valence-corrected chi connectivity index (χ3v) is 5.85. The summed E-state index contributed by atoms with van der Waals surface area (Å²) in [6.07, 6.45) is 1.87. The molecule has 0 unspecified atom stereocenters. The number of rotatable bonds is 3. The Hall–Kier alpha value is -0.620. The second-order valence-corrected chi connectivity index (χ2v) is 7.24. The lowest BCUT2D eigenvalue weighted by Crippen LogP contribution is -2.46. The molecular weight excluding hydrogens is 284 g/mol. The summed E-state index contributed by atoms with van der Waals surface area (Å²) in [5, 5.41) is 3.44. The minimum Gasteiger partial charge on any atom is -0.316 e. The van der Waals surface area contributed by atoms with Crippen molar-refractivity contribution in [1.29, 1.82) is 0 Å². The number of hydrogen-bond acceptors (Lipinski definition) is 3. The van der Waals surface area contributed by atoms with Crippen molar-refractivity contribution in [2.75, 3.05) is 20.1 Å². The number of sulfonamides is 1. The van der Waals surface area contributed by atoms with Gasteiger partial charge in [-0.05, 0) is 44.5 Å². The van der Waals surface area contributed by atoms with E-state index in [9.17, 15) is 8.42 Å². The van der Waals surface area contributed by atoms with Gasteiger partial charge in [0.1, 0.15) is 4.90 Å². The molecule has 6 heteroatoms. The van der Waals surface area contributed by atoms with Crippen LogP contribution in [0.2, 0.25) is 5.02 Å². The molecule has 1 N–H and O–H groups in total. The zero-order chi connectivity index (χ0) is 14.0. The highest BCUT2D eigenvalue weighted by Crippen LogP contribution is 2.27. The molecule has 1 heterocycles. The van der Waals surface area contributed by atoms with Gasteiger partial charge in [0.2, 0.25) is 10.0 Å². The van der Waals surface area contributed by atoms with E-state index in [1.165, 1.54) is 4.31 Å². The largest absolute Gasteiger partial charge is 0.316 e. The summed E-state index contributed by atoms with van der Waals surface area (Å²) in [4.78, 5) is 0.205. The highest BCUT2D eigenvalue weighted by Gasteiger charge is 2.30. The number of hydrogen-bond donors (Lipinski definition) is 1. The number of aryl methyl sites for hydroxylation is 1. The number of halogens is 1. The first kappa shape index (κ1) is 14.8. The molecule has 1 atom stereocenters. The quantitative estimate of drug-likeness (QED) is 0.929. The Morgan fingerprint density at radius 3 is 2.79 bits per heavy atom. The van der Waals surface area contributed by atoms with Crippen molar-refractivity contribution >= 4 is 21.6 Å². The summed E-state index contributed by atoms with van der Waals surface area (Å²) in [6.45, 7) is 2.95. The van der Waals surface area contributed by atoms with E-state index in [1.807, 2.05) is 14.0 Å². The van der Waals surface area contributed by atoms with E-state index >= 15 is 0 Å². The van der Waals surface area contributed by atoms with Crippen LogP contribution < -0.4 is 5.32 Å². The number of piperidine rings is 1. The third-order valence-electron chi connectivity index (χ3n) is 3.50. The zero-order valence-corrected chi connectivity index (χ0v) is 12.8. The van der Waals surface area contributed by atoms with Gasteiger partial charge >= 0.3 is 0 Å². The van der Waals surface area contributed by atoms with E-state index in [0.29, 0.717) is 18.1 Å². The molecule has 2 rings (SSSR count). The number of nitrogens with zero attached hydrogens (tertiary/aromatic N) is 1. The molecule has 4 nitrogen and oxygen atoms in total. The van der Waals surface area contributed by atoms with Crippen molar-refractivity contribution in [2.24, 2.45) is 0 Å². The van der Waals surface area contributed by atoms with Crippen molar-refractivity contribution < 1.29 is 8.42 Å². The van der Waals surface area contributed by atoms with Gasteiger partial charge in [0.25, 0.3) is 0 Å². The molecule has 0 bridgehead atoms. The smallest absolute Gasteiger partial charge is 0.244 e. The fourth-order valence-corrected chi connectivity index (χ4v) is 4.45. The van der Waals surface area contributed by atoms with Crippen LogP contribution in [0, 0.1) is 6.92 Å². The molecular formula is C13H19ClN2O2S. The van der Waals surface area contributed by atoms with Crippen LogP contribution in [-0.4, -0.2) is 38.9 Å². The van der Waals surface area contributed by atoms with E-state index in [1.54, 1.807) is 18.2 Å². The lowest BCUT2D eigenvalue weighted by atomic mass is 10.1. The van der Waals surface area contributed by atoms with Crippen molar-refractivity contribution in [3.05, 3.63) is 28.8 Å². The SMILES string of the molecule is CN[C@@H]1CCCN(S(=O)(=O)c2ccc(C)cc2Cl)C1. The van der Waals surface area contributed by atoms with Crippen molar-refractivity contribution in [3.8, 4) is 0 Å². The van der Waals surface area contributed by atoms with Gasteiger partial charge in [0, 0.05) is 19.1 Å². The van der Waals surface area contributed by atoms with Crippen LogP contribution in [-0.2, 0) is 10.0 Å². The van der Waals surface area contributed by atoms with Crippen molar-refractivity contribution in [3.63, 3.8) is 0 Å². The molecule has 1 aromatic carbocycles. The Labute approximate surface area is 119 Å². The topological polar surface area (TPSA) is 49.4 Å². The van der Waals surface area contributed by atoms with Gasteiger partial charge in [-0.15, -0.1) is 0 Å². The Balaban J connectivity index is 2.31. The summed E-state index contributed by atoms with van der Waals surface area (Å²) in [7, 11) is -1.63. The van der Waals surface area contributed by atoms with E-state index in [2.05, 4.69) is 5.32 Å². The molecule has 0 radical (unpaired) electrons. The number of nitrogens with one attached hydrogen (secondary N) is 1. The normalized spacial score (nSPS) is 21.5. The van der Waals surface area contributed by atoms with Gasteiger partial charge in [0.05, 0.1) is 5.02 Å². The minimum absolute atomic E-state index is 0.205. The fraction of sp³-hybridized carbons (Fsp3) is 0.538. The van der Waals surface area contributed by atoms with Gasteiger partial charge in [0.15, 0.2) is 0 Å². The van der Waals surface area contributed by atoms with Crippen LogP contribution in [0.4, 0.5) is 0 Å². The van der Waals surface area contributed by atoms with Crippen LogP contribution in [0.3, 0.4) is 0 Å². The molecule has 0 aromatic heterocycles. The molecule has 1 aliphatic heterocycles. The maximum atomic E-state index is 12.6. The van der Waals surface area contributed by atoms with Crippen LogP contribution in [0.25, 0.3) is 0 Å². The summed E-state index contributed by atoms with van der Waals surface area (Å²) in [5.74, 6) is 0. The van der Waals surface area contributed by atoms with Gasteiger partial charge in [-0.3, -0.25) is 0 Å². The monoisotopic (exact) mass is 302 g/mol. The average Bonchev–Trinajstić information content (AvgIpc) is 2.38. The van der Waals surface area contributed by atoms with E-state index in [-0.39, 0.29) is 10.9 Å². The third kappa shape index (κ3) is 3.11. The zero-order valence-electron chi connectivity index (χ0n) is 11.2. The molecule has 106 valence electrons. The summed E-state index contributed by atoms with van der Waals surface area (Å²) in [5.41, 5.74) is 0.954. The second-order valence-electron chi connectivity index (χ2n) is 4.92. The molecule has 1 saturated heterocycles. The molecule has 0 spiro atoms. The second kappa shape index (κ2) is 5.79. The molecule has 1 fully saturated rings. The minimum atomic E-state index is -3.49. The van der Waals surface area contributed by atoms with Crippen LogP contribution >= 0.6 is 11.6 Å². The first-order valence-electron chi connectivity index (χ1n) is 6.38. The first-order valence-corrected chi connectivity index (χ1v) is 8.20. The summed E-state index contributed by atoms with van der Waals surface area (Å²) in [6, 6.07) is 5.27. The van der Waals surface area contributed by atoms with Gasteiger partial charge in [-0.1, -0.05) is 17.7 Å².